The molecule has 11 nitrogen and oxygen atoms in total. The highest BCUT2D eigenvalue weighted by molar-refractivity contribution is 5.88. The molecule has 2 rings (SSSR count). The summed E-state index contributed by atoms with van der Waals surface area (Å²) in [5, 5.41) is 38.7. The first kappa shape index (κ1) is 17.3. The van der Waals surface area contributed by atoms with Gasteiger partial charge in [0, 0.05) is 6.20 Å². The van der Waals surface area contributed by atoms with E-state index in [0.29, 0.717) is 4.57 Å². The van der Waals surface area contributed by atoms with Crippen molar-refractivity contribution in [2.75, 3.05) is 20.3 Å². The standard InChI is InChI=1S/C12H16N2O9/c1-22-10(20)5-2-14(11(21)13-9(5)19)12(4-16)8(18)7(17)6(3-15)23-12/h2,6-8,15-18H,3-4H2,1H3,(H,13,19,21)/t6-,7-,8-,12+/m1/s1. The normalized spacial score (nSPS) is 30.4. The van der Waals surface area contributed by atoms with Crippen LogP contribution >= 0.6 is 0 Å². The van der Waals surface area contributed by atoms with E-state index in [2.05, 4.69) is 4.74 Å². The second-order valence-electron chi connectivity index (χ2n) is 4.94. The monoisotopic (exact) mass is 332 g/mol. The zero-order valence-electron chi connectivity index (χ0n) is 12.0. The lowest BCUT2D eigenvalue weighted by Crippen LogP contribution is -2.54. The van der Waals surface area contributed by atoms with Crippen LogP contribution in [0.4, 0.5) is 0 Å². The van der Waals surface area contributed by atoms with E-state index in [4.69, 9.17) is 9.84 Å². The Bertz CT molecular complexity index is 711. The summed E-state index contributed by atoms with van der Waals surface area (Å²) in [4.78, 5) is 37.0. The summed E-state index contributed by atoms with van der Waals surface area (Å²) in [7, 11) is 1.02. The zero-order chi connectivity index (χ0) is 17.4. The molecule has 5 N–H and O–H groups in total. The first-order chi connectivity index (χ1) is 10.8. The summed E-state index contributed by atoms with van der Waals surface area (Å²) >= 11 is 0. The van der Waals surface area contributed by atoms with Gasteiger partial charge in [-0.2, -0.15) is 0 Å². The van der Waals surface area contributed by atoms with Gasteiger partial charge in [0.2, 0.25) is 5.72 Å². The molecule has 0 unspecified atom stereocenters. The van der Waals surface area contributed by atoms with Crippen molar-refractivity contribution in [1.29, 1.82) is 0 Å². The number of hydrogen-bond donors (Lipinski definition) is 5. The lowest BCUT2D eigenvalue weighted by molar-refractivity contribution is -0.174. The Hall–Kier alpha value is -2.05. The molecule has 128 valence electrons. The van der Waals surface area contributed by atoms with Gasteiger partial charge in [-0.05, 0) is 0 Å². The van der Waals surface area contributed by atoms with Crippen LogP contribution in [-0.4, -0.2) is 74.6 Å². The number of hydrogen-bond acceptors (Lipinski definition) is 9. The molecular formula is C12H16N2O9. The Balaban J connectivity index is 2.66. The van der Waals surface area contributed by atoms with Gasteiger partial charge >= 0.3 is 11.7 Å². The topological polar surface area (TPSA) is 171 Å². The van der Waals surface area contributed by atoms with Crippen LogP contribution in [0.2, 0.25) is 0 Å². The number of carbonyl (C=O) groups excluding carboxylic acids is 1. The fourth-order valence-corrected chi connectivity index (χ4v) is 2.43. The molecule has 0 bridgehead atoms. The number of aliphatic hydroxyl groups excluding tert-OH is 4. The zero-order valence-corrected chi connectivity index (χ0v) is 12.0. The number of esters is 1. The number of aromatic nitrogens is 2. The Morgan fingerprint density at radius 2 is 2.09 bits per heavy atom. The largest absolute Gasteiger partial charge is 0.465 e. The fourth-order valence-electron chi connectivity index (χ4n) is 2.43. The predicted octanol–water partition coefficient (Wildman–Crippen LogP) is -3.92. The van der Waals surface area contributed by atoms with E-state index in [9.17, 15) is 29.7 Å². The minimum Gasteiger partial charge on any atom is -0.465 e. The van der Waals surface area contributed by atoms with Crippen LogP contribution in [-0.2, 0) is 15.2 Å². The van der Waals surface area contributed by atoms with Gasteiger partial charge in [-0.15, -0.1) is 0 Å². The number of aromatic amines is 1. The van der Waals surface area contributed by atoms with Crippen LogP contribution in [0.25, 0.3) is 0 Å². The van der Waals surface area contributed by atoms with Gasteiger partial charge in [-0.25, -0.2) is 9.59 Å². The molecule has 0 radical (unpaired) electrons. The molecule has 0 saturated carbocycles. The van der Waals surface area contributed by atoms with Crippen LogP contribution in [0.5, 0.6) is 0 Å². The first-order valence-corrected chi connectivity index (χ1v) is 6.52. The van der Waals surface area contributed by atoms with Crippen LogP contribution in [0.1, 0.15) is 10.4 Å². The summed E-state index contributed by atoms with van der Waals surface area (Å²) in [5.41, 5.74) is -4.88. The molecule has 1 saturated heterocycles. The van der Waals surface area contributed by atoms with Crippen molar-refractivity contribution in [3.05, 3.63) is 32.6 Å². The third-order valence-electron chi connectivity index (χ3n) is 3.68. The smallest absolute Gasteiger partial charge is 0.345 e. The molecule has 0 amide bonds. The summed E-state index contributed by atoms with van der Waals surface area (Å²) in [5.74, 6) is -1.06. The number of ether oxygens (including phenoxy) is 2. The van der Waals surface area contributed by atoms with Gasteiger partial charge in [0.25, 0.3) is 5.56 Å². The maximum Gasteiger partial charge on any atom is 0.345 e. The number of nitrogens with one attached hydrogen (secondary N) is 1. The van der Waals surface area contributed by atoms with Crippen LogP contribution in [0.15, 0.2) is 15.8 Å². The van der Waals surface area contributed by atoms with Gasteiger partial charge in [0.15, 0.2) is 0 Å². The third kappa shape index (κ3) is 2.58. The van der Waals surface area contributed by atoms with Crippen molar-refractivity contribution in [2.24, 2.45) is 0 Å². The molecule has 1 aromatic rings. The molecule has 2 heterocycles. The van der Waals surface area contributed by atoms with Crippen LogP contribution in [0, 0.1) is 0 Å². The molecule has 1 aliphatic rings. The van der Waals surface area contributed by atoms with Gasteiger partial charge < -0.3 is 29.9 Å². The molecule has 11 heteroatoms. The Morgan fingerprint density at radius 3 is 2.57 bits per heavy atom. The Kier molecular flexibility index (Phi) is 4.68. The van der Waals surface area contributed by atoms with Crippen molar-refractivity contribution in [3.8, 4) is 0 Å². The average Bonchev–Trinajstić information content (AvgIpc) is 2.79. The number of nitrogens with zero attached hydrogens (tertiary/aromatic N) is 1. The van der Waals surface area contributed by atoms with Crippen molar-refractivity contribution < 1.29 is 34.7 Å². The maximum absolute atomic E-state index is 12.0. The highest BCUT2D eigenvalue weighted by Crippen LogP contribution is 2.34. The molecule has 1 aromatic heterocycles. The van der Waals surface area contributed by atoms with E-state index in [1.165, 1.54) is 0 Å². The van der Waals surface area contributed by atoms with Crippen LogP contribution < -0.4 is 11.2 Å². The number of carbonyl (C=O) groups is 1. The highest BCUT2D eigenvalue weighted by atomic mass is 16.6. The van der Waals surface area contributed by atoms with Gasteiger partial charge in [-0.3, -0.25) is 14.3 Å². The number of rotatable bonds is 4. The minimum atomic E-state index is -2.18. The molecule has 4 atom stereocenters. The van der Waals surface area contributed by atoms with E-state index >= 15 is 0 Å². The molecule has 0 spiro atoms. The van der Waals surface area contributed by atoms with Gasteiger partial charge in [-0.1, -0.05) is 0 Å². The maximum atomic E-state index is 12.0. The number of aliphatic hydroxyl groups is 4. The first-order valence-electron chi connectivity index (χ1n) is 6.52. The SMILES string of the molecule is COC(=O)c1cn([C@@]2(CO)O[C@H](CO)[C@@H](O)[C@H]2O)c(=O)[nH]c1=O. The summed E-state index contributed by atoms with van der Waals surface area (Å²) in [6.45, 7) is -1.67. The van der Waals surface area contributed by atoms with E-state index < -0.39 is 60.0 Å². The van der Waals surface area contributed by atoms with E-state index in [1.807, 2.05) is 4.98 Å². The Morgan fingerprint density at radius 1 is 1.43 bits per heavy atom. The van der Waals surface area contributed by atoms with Gasteiger partial charge in [0.1, 0.15) is 23.9 Å². The van der Waals surface area contributed by atoms with E-state index in [1.54, 1.807) is 0 Å². The average molecular weight is 332 g/mol. The van der Waals surface area contributed by atoms with Crippen molar-refractivity contribution in [3.63, 3.8) is 0 Å². The molecule has 0 aromatic carbocycles. The molecule has 1 aliphatic heterocycles. The molecule has 1 fully saturated rings. The second kappa shape index (κ2) is 6.22. The molecular weight excluding hydrogens is 316 g/mol. The Labute approximate surface area is 128 Å². The quantitative estimate of drug-likeness (QED) is 0.345. The van der Waals surface area contributed by atoms with E-state index in [0.717, 1.165) is 13.3 Å². The minimum absolute atomic E-state index is 0.572. The lowest BCUT2D eigenvalue weighted by atomic mass is 10.0. The number of H-pyrrole nitrogens is 1. The molecule has 0 aliphatic carbocycles. The summed E-state index contributed by atoms with van der Waals surface area (Å²) in [6.07, 6.45) is -3.94. The summed E-state index contributed by atoms with van der Waals surface area (Å²) in [6, 6.07) is 0. The summed E-state index contributed by atoms with van der Waals surface area (Å²) < 4.78 is 10.2. The van der Waals surface area contributed by atoms with E-state index in [-0.39, 0.29) is 0 Å². The highest BCUT2D eigenvalue weighted by Gasteiger charge is 2.55. The third-order valence-corrected chi connectivity index (χ3v) is 3.68. The van der Waals surface area contributed by atoms with Crippen molar-refractivity contribution in [1.82, 2.24) is 9.55 Å². The molecule has 23 heavy (non-hydrogen) atoms. The number of methoxy groups -OCH3 is 1. The van der Waals surface area contributed by atoms with Crippen molar-refractivity contribution in [2.45, 2.75) is 24.0 Å². The van der Waals surface area contributed by atoms with Crippen molar-refractivity contribution >= 4 is 5.97 Å². The fraction of sp³-hybridized carbons (Fsp3) is 0.583. The van der Waals surface area contributed by atoms with Gasteiger partial charge in [0.05, 0.1) is 20.3 Å². The second-order valence-corrected chi connectivity index (χ2v) is 4.94. The lowest BCUT2D eigenvalue weighted by Gasteiger charge is -2.31. The van der Waals surface area contributed by atoms with Crippen LogP contribution in [0.3, 0.4) is 0 Å². The predicted molar refractivity (Wildman–Crippen MR) is 71.7 cm³/mol.